The van der Waals surface area contributed by atoms with Crippen molar-refractivity contribution in [2.45, 2.75) is 31.8 Å². The lowest BCUT2D eigenvalue weighted by Gasteiger charge is -2.21. The van der Waals surface area contributed by atoms with Crippen molar-refractivity contribution in [2.75, 3.05) is 19.8 Å². The summed E-state index contributed by atoms with van der Waals surface area (Å²) in [6, 6.07) is 3.87. The Hall–Kier alpha value is -1.27. The number of ether oxygens (including phenoxy) is 2. The van der Waals surface area contributed by atoms with Crippen LogP contribution < -0.4 is 20.1 Å². The molecule has 0 aliphatic carbocycles. The van der Waals surface area contributed by atoms with Crippen molar-refractivity contribution >= 4 is 21.8 Å². The van der Waals surface area contributed by atoms with Crippen LogP contribution in [0.5, 0.6) is 11.5 Å². The number of nitrogens with one attached hydrogen (secondary N) is 2. The maximum absolute atomic E-state index is 11.9. The number of fused-ring (bicyclic) bond motifs is 1. The van der Waals surface area contributed by atoms with E-state index in [1.165, 1.54) is 0 Å². The molecule has 1 unspecified atom stereocenters. The molecular formula is C15H19BrN2O3. The first-order valence-corrected chi connectivity index (χ1v) is 8.12. The van der Waals surface area contributed by atoms with Crippen LogP contribution >= 0.6 is 15.9 Å². The van der Waals surface area contributed by atoms with Crippen molar-refractivity contribution in [1.29, 1.82) is 0 Å². The molecule has 1 amide bonds. The van der Waals surface area contributed by atoms with Gasteiger partial charge in [0, 0.05) is 13.1 Å². The number of carbonyl (C=O) groups excluding carboxylic acids is 1. The summed E-state index contributed by atoms with van der Waals surface area (Å²) in [6.45, 7) is 2.56. The van der Waals surface area contributed by atoms with Crippen LogP contribution in [0.15, 0.2) is 16.6 Å². The number of rotatable bonds is 3. The Kier molecular flexibility index (Phi) is 4.65. The Bertz CT molecular complexity index is 536. The molecule has 0 saturated carbocycles. The van der Waals surface area contributed by atoms with Gasteiger partial charge in [-0.2, -0.15) is 0 Å². The SMILES string of the molecule is O=C1NCCCCC1NCc1cc(Br)c2c(c1)OCCO2. The van der Waals surface area contributed by atoms with E-state index < -0.39 is 0 Å². The first kappa shape index (κ1) is 14.7. The molecule has 0 aromatic heterocycles. The summed E-state index contributed by atoms with van der Waals surface area (Å²) in [4.78, 5) is 11.9. The van der Waals surface area contributed by atoms with E-state index in [0.717, 1.165) is 47.3 Å². The Morgan fingerprint density at radius 2 is 2.14 bits per heavy atom. The average Bonchev–Trinajstić information content (AvgIpc) is 2.70. The van der Waals surface area contributed by atoms with Gasteiger partial charge in [-0.15, -0.1) is 0 Å². The lowest BCUT2D eigenvalue weighted by Crippen LogP contribution is -2.42. The molecule has 3 rings (SSSR count). The minimum atomic E-state index is -0.112. The van der Waals surface area contributed by atoms with Crippen molar-refractivity contribution in [2.24, 2.45) is 0 Å². The second-order valence-corrected chi connectivity index (χ2v) is 6.18. The summed E-state index contributed by atoms with van der Waals surface area (Å²) in [6.07, 6.45) is 3.01. The molecule has 1 aromatic rings. The predicted molar refractivity (Wildman–Crippen MR) is 82.6 cm³/mol. The van der Waals surface area contributed by atoms with Crippen LogP contribution in [-0.4, -0.2) is 31.7 Å². The number of benzene rings is 1. The first-order chi connectivity index (χ1) is 10.2. The van der Waals surface area contributed by atoms with Crippen LogP contribution in [0.4, 0.5) is 0 Å². The van der Waals surface area contributed by atoms with Gasteiger partial charge in [-0.25, -0.2) is 0 Å². The molecule has 5 nitrogen and oxygen atoms in total. The predicted octanol–water partition coefficient (Wildman–Crippen LogP) is 1.98. The minimum absolute atomic E-state index is 0.101. The molecule has 2 N–H and O–H groups in total. The van der Waals surface area contributed by atoms with Gasteiger partial charge in [-0.3, -0.25) is 4.79 Å². The molecule has 114 valence electrons. The molecule has 0 bridgehead atoms. The van der Waals surface area contributed by atoms with Gasteiger partial charge >= 0.3 is 0 Å². The summed E-state index contributed by atoms with van der Waals surface area (Å²) in [7, 11) is 0. The van der Waals surface area contributed by atoms with E-state index in [0.29, 0.717) is 19.8 Å². The summed E-state index contributed by atoms with van der Waals surface area (Å²) >= 11 is 3.51. The van der Waals surface area contributed by atoms with Crippen LogP contribution in [0, 0.1) is 0 Å². The highest BCUT2D eigenvalue weighted by Gasteiger charge is 2.21. The quantitative estimate of drug-likeness (QED) is 0.871. The van der Waals surface area contributed by atoms with E-state index in [2.05, 4.69) is 26.6 Å². The largest absolute Gasteiger partial charge is 0.486 e. The molecule has 2 aliphatic heterocycles. The highest BCUT2D eigenvalue weighted by Crippen LogP contribution is 2.38. The van der Waals surface area contributed by atoms with Gasteiger partial charge in [-0.1, -0.05) is 0 Å². The van der Waals surface area contributed by atoms with Crippen molar-refractivity contribution in [1.82, 2.24) is 10.6 Å². The Labute approximate surface area is 132 Å². The van der Waals surface area contributed by atoms with Gasteiger partial charge in [0.1, 0.15) is 13.2 Å². The molecule has 6 heteroatoms. The van der Waals surface area contributed by atoms with E-state index in [-0.39, 0.29) is 11.9 Å². The topological polar surface area (TPSA) is 59.6 Å². The van der Waals surface area contributed by atoms with Crippen molar-refractivity contribution < 1.29 is 14.3 Å². The lowest BCUT2D eigenvalue weighted by molar-refractivity contribution is -0.122. The highest BCUT2D eigenvalue weighted by atomic mass is 79.9. The zero-order valence-corrected chi connectivity index (χ0v) is 13.4. The summed E-state index contributed by atoms with van der Waals surface area (Å²) in [5, 5.41) is 6.27. The third-order valence-corrected chi connectivity index (χ3v) is 4.33. The Balaban J connectivity index is 1.67. The maximum atomic E-state index is 11.9. The highest BCUT2D eigenvalue weighted by molar-refractivity contribution is 9.10. The van der Waals surface area contributed by atoms with Gasteiger partial charge in [0.2, 0.25) is 5.91 Å². The zero-order chi connectivity index (χ0) is 14.7. The standard InChI is InChI=1S/C15H19BrN2O3/c16-11-7-10(8-13-14(11)21-6-5-20-13)9-18-12-3-1-2-4-17-15(12)19/h7-8,12,18H,1-6,9H2,(H,17,19). The molecule has 21 heavy (non-hydrogen) atoms. The van der Waals surface area contributed by atoms with E-state index in [4.69, 9.17) is 9.47 Å². The number of hydrogen-bond acceptors (Lipinski definition) is 4. The smallest absolute Gasteiger partial charge is 0.237 e. The van der Waals surface area contributed by atoms with E-state index in [9.17, 15) is 4.79 Å². The van der Waals surface area contributed by atoms with Crippen molar-refractivity contribution in [3.63, 3.8) is 0 Å². The number of hydrogen-bond donors (Lipinski definition) is 2. The molecule has 0 radical (unpaired) electrons. The Morgan fingerprint density at radius 1 is 1.29 bits per heavy atom. The van der Waals surface area contributed by atoms with Crippen molar-refractivity contribution in [3.05, 3.63) is 22.2 Å². The summed E-state index contributed by atoms with van der Waals surface area (Å²) in [5.74, 6) is 1.62. The number of carbonyl (C=O) groups is 1. The van der Waals surface area contributed by atoms with E-state index in [1.807, 2.05) is 12.1 Å². The molecule has 1 aromatic carbocycles. The molecule has 1 fully saturated rings. The molecular weight excluding hydrogens is 336 g/mol. The Morgan fingerprint density at radius 3 is 3.05 bits per heavy atom. The van der Waals surface area contributed by atoms with Gasteiger partial charge < -0.3 is 20.1 Å². The van der Waals surface area contributed by atoms with Gasteiger partial charge in [0.25, 0.3) is 0 Å². The van der Waals surface area contributed by atoms with Crippen LogP contribution in [0.3, 0.4) is 0 Å². The lowest BCUT2D eigenvalue weighted by atomic mass is 10.1. The molecule has 1 atom stereocenters. The van der Waals surface area contributed by atoms with Crippen LogP contribution in [0.25, 0.3) is 0 Å². The first-order valence-electron chi connectivity index (χ1n) is 7.33. The van der Waals surface area contributed by atoms with Gasteiger partial charge in [0.15, 0.2) is 11.5 Å². The van der Waals surface area contributed by atoms with E-state index >= 15 is 0 Å². The van der Waals surface area contributed by atoms with Crippen molar-refractivity contribution in [3.8, 4) is 11.5 Å². The molecule has 1 saturated heterocycles. The fraction of sp³-hybridized carbons (Fsp3) is 0.533. The van der Waals surface area contributed by atoms with Crippen LogP contribution in [0.1, 0.15) is 24.8 Å². The van der Waals surface area contributed by atoms with Crippen LogP contribution in [0.2, 0.25) is 0 Å². The second kappa shape index (κ2) is 6.66. The molecule has 2 aliphatic rings. The number of halogens is 1. The third-order valence-electron chi connectivity index (χ3n) is 3.74. The summed E-state index contributed by atoms with van der Waals surface area (Å²) < 4.78 is 12.1. The molecule has 2 heterocycles. The normalized spacial score (nSPS) is 21.6. The fourth-order valence-corrected chi connectivity index (χ4v) is 3.25. The fourth-order valence-electron chi connectivity index (χ4n) is 2.64. The minimum Gasteiger partial charge on any atom is -0.486 e. The third kappa shape index (κ3) is 3.49. The average molecular weight is 355 g/mol. The maximum Gasteiger partial charge on any atom is 0.237 e. The second-order valence-electron chi connectivity index (χ2n) is 5.32. The molecule has 0 spiro atoms. The number of amides is 1. The summed E-state index contributed by atoms with van der Waals surface area (Å²) in [5.41, 5.74) is 1.07. The zero-order valence-electron chi connectivity index (χ0n) is 11.8. The van der Waals surface area contributed by atoms with E-state index in [1.54, 1.807) is 0 Å². The van der Waals surface area contributed by atoms with Gasteiger partial charge in [-0.05, 0) is 52.9 Å². The van der Waals surface area contributed by atoms with Gasteiger partial charge in [0.05, 0.1) is 10.5 Å². The monoisotopic (exact) mass is 354 g/mol. The van der Waals surface area contributed by atoms with Crippen LogP contribution in [-0.2, 0) is 11.3 Å².